The van der Waals surface area contributed by atoms with Gasteiger partial charge in [-0.3, -0.25) is 20.2 Å². The maximum absolute atomic E-state index is 11.0. The lowest BCUT2D eigenvalue weighted by Gasteiger charge is -2.10. The fourth-order valence-corrected chi connectivity index (χ4v) is 3.02. The average Bonchev–Trinajstić information content (AvgIpc) is 2.89. The molecule has 3 N–H and O–H groups in total. The number of aromatic nitrogens is 3. The molecule has 186 valence electrons. The number of hydrogen-bond donors (Lipinski definition) is 3. The lowest BCUT2D eigenvalue weighted by atomic mass is 10.2. The third kappa shape index (κ3) is 6.69. The van der Waals surface area contributed by atoms with E-state index in [0.717, 1.165) is 0 Å². The van der Waals surface area contributed by atoms with Gasteiger partial charge in [0.05, 0.1) is 23.2 Å². The fourth-order valence-electron chi connectivity index (χ4n) is 3.02. The average molecular weight is 501 g/mol. The molecule has 0 fully saturated rings. The molecule has 0 saturated heterocycles. The van der Waals surface area contributed by atoms with E-state index < -0.39 is 9.85 Å². The first-order valence-corrected chi connectivity index (χ1v) is 10.6. The molecule has 37 heavy (non-hydrogen) atoms. The molecular formula is C23H19N9O5. The maximum atomic E-state index is 11.0. The van der Waals surface area contributed by atoms with E-state index in [1.807, 2.05) is 0 Å². The summed E-state index contributed by atoms with van der Waals surface area (Å²) in [5.74, 6) is 1.06. The van der Waals surface area contributed by atoms with Crippen LogP contribution in [-0.2, 0) is 0 Å². The number of anilines is 5. The Bertz CT molecular complexity index is 1440. The van der Waals surface area contributed by atoms with Crippen LogP contribution in [0, 0.1) is 20.2 Å². The molecular weight excluding hydrogens is 482 g/mol. The van der Waals surface area contributed by atoms with Crippen LogP contribution in [0.5, 0.6) is 5.75 Å². The number of hydrazone groups is 1. The Morgan fingerprint density at radius 1 is 0.784 bits per heavy atom. The summed E-state index contributed by atoms with van der Waals surface area (Å²) in [5.41, 5.74) is 4.25. The Labute approximate surface area is 209 Å². The molecule has 1 aromatic heterocycles. The molecule has 0 aliphatic carbocycles. The van der Waals surface area contributed by atoms with Gasteiger partial charge in [-0.15, -0.1) is 0 Å². The first kappa shape index (κ1) is 24.5. The molecule has 14 heteroatoms. The van der Waals surface area contributed by atoms with Gasteiger partial charge >= 0.3 is 0 Å². The summed E-state index contributed by atoms with van der Waals surface area (Å²) in [4.78, 5) is 33.8. The summed E-state index contributed by atoms with van der Waals surface area (Å²) in [6.45, 7) is 0. The van der Waals surface area contributed by atoms with Crippen molar-refractivity contribution in [2.24, 2.45) is 5.10 Å². The van der Waals surface area contributed by atoms with E-state index in [9.17, 15) is 20.2 Å². The topological polar surface area (TPSA) is 183 Å². The molecule has 0 saturated carbocycles. The Morgan fingerprint density at radius 2 is 1.35 bits per heavy atom. The van der Waals surface area contributed by atoms with Crippen molar-refractivity contribution in [3.63, 3.8) is 0 Å². The van der Waals surface area contributed by atoms with Crippen molar-refractivity contribution in [3.05, 3.63) is 98.6 Å². The molecule has 0 spiro atoms. The van der Waals surface area contributed by atoms with Gasteiger partial charge in [0.15, 0.2) is 0 Å². The summed E-state index contributed by atoms with van der Waals surface area (Å²) >= 11 is 0. The SMILES string of the molecule is COc1ccc(Nc2nc(NN=Cc3cccc([N+](=O)[O-])c3)nc(Nc3ccc([N+](=O)[O-])cc3)n2)cc1. The summed E-state index contributed by atoms with van der Waals surface area (Å²) in [6.07, 6.45) is 1.39. The van der Waals surface area contributed by atoms with Gasteiger partial charge in [0.25, 0.3) is 11.4 Å². The van der Waals surface area contributed by atoms with Gasteiger partial charge < -0.3 is 15.4 Å². The zero-order valence-corrected chi connectivity index (χ0v) is 19.2. The van der Waals surface area contributed by atoms with Crippen LogP contribution in [-0.4, -0.2) is 38.1 Å². The van der Waals surface area contributed by atoms with Crippen LogP contribution >= 0.6 is 0 Å². The van der Waals surface area contributed by atoms with Crippen LogP contribution in [0.25, 0.3) is 0 Å². The van der Waals surface area contributed by atoms with Crippen LogP contribution in [0.2, 0.25) is 0 Å². The minimum absolute atomic E-state index is 0.0547. The molecule has 14 nitrogen and oxygen atoms in total. The standard InChI is InChI=1S/C23H19N9O5/c1-37-20-11-7-17(8-12-20)26-22-27-21(25-16-5-9-18(10-6-16)31(33)34)28-23(29-22)30-24-14-15-3-2-4-19(13-15)32(35)36/h2-14H,1H3,(H3,25,26,27,28,29,30). The van der Waals surface area contributed by atoms with Crippen LogP contribution in [0.4, 0.5) is 40.6 Å². The third-order valence-electron chi connectivity index (χ3n) is 4.78. The fraction of sp³-hybridized carbons (Fsp3) is 0.0435. The second-order valence-corrected chi connectivity index (χ2v) is 7.31. The third-order valence-corrected chi connectivity index (χ3v) is 4.78. The number of benzene rings is 3. The molecule has 0 bridgehead atoms. The number of nitrogens with zero attached hydrogens (tertiary/aromatic N) is 6. The minimum atomic E-state index is -0.496. The van der Waals surface area contributed by atoms with Gasteiger partial charge in [-0.25, -0.2) is 5.43 Å². The molecule has 4 aromatic rings. The zero-order chi connectivity index (χ0) is 26.2. The predicted molar refractivity (Wildman–Crippen MR) is 137 cm³/mol. The first-order valence-electron chi connectivity index (χ1n) is 10.6. The predicted octanol–water partition coefficient (Wildman–Crippen LogP) is 4.63. The molecule has 3 aromatic carbocycles. The van der Waals surface area contributed by atoms with Crippen molar-refractivity contribution in [1.82, 2.24) is 15.0 Å². The molecule has 0 atom stereocenters. The number of nitrogens with one attached hydrogen (secondary N) is 3. The molecule has 0 amide bonds. The largest absolute Gasteiger partial charge is 0.497 e. The Hall–Kier alpha value is -5.66. The Morgan fingerprint density at radius 3 is 1.92 bits per heavy atom. The molecule has 1 heterocycles. The number of hydrogen-bond acceptors (Lipinski definition) is 12. The van der Waals surface area contributed by atoms with Crippen molar-refractivity contribution in [3.8, 4) is 5.75 Å². The van der Waals surface area contributed by atoms with Crippen LogP contribution in [0.1, 0.15) is 5.56 Å². The number of nitro groups is 2. The minimum Gasteiger partial charge on any atom is -0.497 e. The maximum Gasteiger partial charge on any atom is 0.270 e. The summed E-state index contributed by atoms with van der Waals surface area (Å²) in [6, 6.07) is 18.8. The monoisotopic (exact) mass is 501 g/mol. The molecule has 0 unspecified atom stereocenters. The Kier molecular flexibility index (Phi) is 7.39. The smallest absolute Gasteiger partial charge is 0.270 e. The van der Waals surface area contributed by atoms with Gasteiger partial charge in [-0.2, -0.15) is 20.1 Å². The highest BCUT2D eigenvalue weighted by atomic mass is 16.6. The number of methoxy groups -OCH3 is 1. The van der Waals surface area contributed by atoms with Crippen molar-refractivity contribution in [2.45, 2.75) is 0 Å². The van der Waals surface area contributed by atoms with Gasteiger partial charge in [0.1, 0.15) is 5.75 Å². The van der Waals surface area contributed by atoms with E-state index in [2.05, 4.69) is 36.1 Å². The highest BCUT2D eigenvalue weighted by Crippen LogP contribution is 2.22. The van der Waals surface area contributed by atoms with E-state index in [1.54, 1.807) is 43.5 Å². The van der Waals surface area contributed by atoms with E-state index in [4.69, 9.17) is 4.74 Å². The summed E-state index contributed by atoms with van der Waals surface area (Å²) in [7, 11) is 1.57. The lowest BCUT2D eigenvalue weighted by molar-refractivity contribution is -0.385. The van der Waals surface area contributed by atoms with Crippen molar-refractivity contribution < 1.29 is 14.6 Å². The number of ether oxygens (including phenoxy) is 1. The van der Waals surface area contributed by atoms with Gasteiger partial charge in [0.2, 0.25) is 17.8 Å². The van der Waals surface area contributed by atoms with E-state index in [0.29, 0.717) is 22.7 Å². The molecule has 4 rings (SSSR count). The summed E-state index contributed by atoms with van der Waals surface area (Å²) in [5, 5.41) is 32.0. The van der Waals surface area contributed by atoms with Crippen LogP contribution in [0.15, 0.2) is 77.9 Å². The van der Waals surface area contributed by atoms with E-state index in [1.165, 1.54) is 42.6 Å². The highest BCUT2D eigenvalue weighted by Gasteiger charge is 2.10. The molecule has 0 aliphatic rings. The number of nitro benzene ring substituents is 2. The second kappa shape index (κ2) is 11.2. The number of rotatable bonds is 10. The zero-order valence-electron chi connectivity index (χ0n) is 19.2. The van der Waals surface area contributed by atoms with Crippen molar-refractivity contribution >= 4 is 46.8 Å². The van der Waals surface area contributed by atoms with Gasteiger partial charge in [-0.05, 0) is 36.4 Å². The lowest BCUT2D eigenvalue weighted by Crippen LogP contribution is -2.07. The van der Waals surface area contributed by atoms with E-state index in [-0.39, 0.29) is 29.2 Å². The van der Waals surface area contributed by atoms with Gasteiger partial charge in [-0.1, -0.05) is 12.1 Å². The van der Waals surface area contributed by atoms with E-state index >= 15 is 0 Å². The van der Waals surface area contributed by atoms with Crippen LogP contribution < -0.4 is 20.8 Å². The normalized spacial score (nSPS) is 10.6. The van der Waals surface area contributed by atoms with Gasteiger partial charge in [0, 0.05) is 41.2 Å². The Balaban J connectivity index is 1.58. The number of non-ortho nitro benzene ring substituents is 2. The molecule has 0 aliphatic heterocycles. The van der Waals surface area contributed by atoms with Crippen molar-refractivity contribution in [2.75, 3.05) is 23.2 Å². The van der Waals surface area contributed by atoms with Crippen molar-refractivity contribution in [1.29, 1.82) is 0 Å². The summed E-state index contributed by atoms with van der Waals surface area (Å²) < 4.78 is 5.16. The second-order valence-electron chi connectivity index (χ2n) is 7.31. The molecule has 0 radical (unpaired) electrons. The first-order chi connectivity index (χ1) is 17.9. The quantitative estimate of drug-likeness (QED) is 0.156. The highest BCUT2D eigenvalue weighted by molar-refractivity contribution is 5.81. The van der Waals surface area contributed by atoms with Crippen LogP contribution in [0.3, 0.4) is 0 Å².